The molecular weight excluding hydrogens is 196 g/mol. The number of nitrogens with one attached hydrogen (secondary N) is 1. The second-order valence-corrected chi connectivity index (χ2v) is 5.67. The van der Waals surface area contributed by atoms with Gasteiger partial charge >= 0.3 is 0 Å². The summed E-state index contributed by atoms with van der Waals surface area (Å²) in [5.74, 6) is 0. The van der Waals surface area contributed by atoms with Crippen molar-refractivity contribution in [1.29, 1.82) is 0 Å². The Labute approximate surface area is 102 Å². The van der Waals surface area contributed by atoms with Gasteiger partial charge in [0.1, 0.15) is 0 Å². The second kappa shape index (κ2) is 6.02. The molecule has 1 aliphatic rings. The molecule has 0 aromatic rings. The Morgan fingerprint density at radius 3 is 2.56 bits per heavy atom. The molecule has 3 unspecified atom stereocenters. The first-order valence-electron chi connectivity index (χ1n) is 7.07. The van der Waals surface area contributed by atoms with E-state index in [9.17, 15) is 0 Å². The van der Waals surface area contributed by atoms with Gasteiger partial charge in [-0.2, -0.15) is 0 Å². The van der Waals surface area contributed by atoms with Crippen LogP contribution < -0.4 is 5.32 Å². The Morgan fingerprint density at radius 2 is 2.06 bits per heavy atom. The van der Waals surface area contributed by atoms with Crippen LogP contribution in [0.2, 0.25) is 0 Å². The molecule has 1 heterocycles. The standard InChI is InChI=1S/C14H30N2/c1-6-9-13-10-15-14(5,8-3)11-16(13)12(4)7-2/h12-13,15H,6-11H2,1-5H3. The van der Waals surface area contributed by atoms with Crippen molar-refractivity contribution in [3.63, 3.8) is 0 Å². The molecule has 0 amide bonds. The SMILES string of the molecule is CCCC1CNC(C)(CC)CN1C(C)CC. The van der Waals surface area contributed by atoms with Gasteiger partial charge in [0.2, 0.25) is 0 Å². The van der Waals surface area contributed by atoms with Gasteiger partial charge in [-0.15, -0.1) is 0 Å². The van der Waals surface area contributed by atoms with E-state index in [4.69, 9.17) is 0 Å². The minimum absolute atomic E-state index is 0.327. The van der Waals surface area contributed by atoms with Crippen LogP contribution in [0.3, 0.4) is 0 Å². The van der Waals surface area contributed by atoms with E-state index in [1.807, 2.05) is 0 Å². The van der Waals surface area contributed by atoms with Crippen molar-refractivity contribution < 1.29 is 0 Å². The topological polar surface area (TPSA) is 15.3 Å². The molecule has 1 rings (SSSR count). The van der Waals surface area contributed by atoms with Crippen molar-refractivity contribution in [2.75, 3.05) is 13.1 Å². The Bertz CT molecular complexity index is 205. The van der Waals surface area contributed by atoms with Crippen molar-refractivity contribution in [3.8, 4) is 0 Å². The maximum absolute atomic E-state index is 3.75. The lowest BCUT2D eigenvalue weighted by Crippen LogP contribution is -2.64. The molecule has 3 atom stereocenters. The fourth-order valence-electron chi connectivity index (χ4n) is 2.66. The lowest BCUT2D eigenvalue weighted by atomic mass is 9.91. The number of nitrogens with zero attached hydrogens (tertiary/aromatic N) is 1. The van der Waals surface area contributed by atoms with Gasteiger partial charge in [-0.3, -0.25) is 4.90 Å². The fraction of sp³-hybridized carbons (Fsp3) is 1.00. The molecule has 0 aliphatic carbocycles. The molecule has 1 aliphatic heterocycles. The van der Waals surface area contributed by atoms with Gasteiger partial charge in [0.05, 0.1) is 0 Å². The first kappa shape index (κ1) is 14.0. The Balaban J connectivity index is 2.69. The molecule has 16 heavy (non-hydrogen) atoms. The van der Waals surface area contributed by atoms with Gasteiger partial charge in [-0.1, -0.05) is 27.2 Å². The molecule has 96 valence electrons. The van der Waals surface area contributed by atoms with Crippen LogP contribution in [0.1, 0.15) is 60.3 Å². The van der Waals surface area contributed by atoms with E-state index >= 15 is 0 Å². The molecule has 1 fully saturated rings. The highest BCUT2D eigenvalue weighted by Crippen LogP contribution is 2.24. The zero-order chi connectivity index (χ0) is 12.2. The van der Waals surface area contributed by atoms with Crippen molar-refractivity contribution in [3.05, 3.63) is 0 Å². The zero-order valence-corrected chi connectivity index (χ0v) is 11.8. The molecule has 2 nitrogen and oxygen atoms in total. The minimum atomic E-state index is 0.327. The van der Waals surface area contributed by atoms with Gasteiger partial charge in [0.25, 0.3) is 0 Å². The Morgan fingerprint density at radius 1 is 1.38 bits per heavy atom. The van der Waals surface area contributed by atoms with E-state index in [0.717, 1.165) is 12.1 Å². The third-order valence-electron chi connectivity index (χ3n) is 4.32. The second-order valence-electron chi connectivity index (χ2n) is 5.67. The van der Waals surface area contributed by atoms with Crippen LogP contribution >= 0.6 is 0 Å². The molecule has 0 saturated carbocycles. The maximum atomic E-state index is 3.75. The average Bonchev–Trinajstić information content (AvgIpc) is 2.31. The number of piperazine rings is 1. The zero-order valence-electron chi connectivity index (χ0n) is 11.8. The molecule has 0 spiro atoms. The largest absolute Gasteiger partial charge is 0.309 e. The maximum Gasteiger partial charge on any atom is 0.0278 e. The molecule has 0 bridgehead atoms. The molecule has 0 aromatic heterocycles. The van der Waals surface area contributed by atoms with E-state index in [-0.39, 0.29) is 0 Å². The summed E-state index contributed by atoms with van der Waals surface area (Å²) in [6, 6.07) is 1.48. The number of hydrogen-bond donors (Lipinski definition) is 1. The molecular formula is C14H30N2. The average molecular weight is 226 g/mol. The molecule has 1 N–H and O–H groups in total. The summed E-state index contributed by atoms with van der Waals surface area (Å²) in [6.45, 7) is 14.0. The molecule has 0 aromatic carbocycles. The minimum Gasteiger partial charge on any atom is -0.309 e. The smallest absolute Gasteiger partial charge is 0.0278 e. The van der Waals surface area contributed by atoms with Gasteiger partial charge in [0, 0.05) is 30.7 Å². The summed E-state index contributed by atoms with van der Waals surface area (Å²) in [5, 5.41) is 3.75. The summed E-state index contributed by atoms with van der Waals surface area (Å²) in [4.78, 5) is 2.74. The summed E-state index contributed by atoms with van der Waals surface area (Å²) in [5.41, 5.74) is 0.327. The number of rotatable bonds is 5. The van der Waals surface area contributed by atoms with Crippen molar-refractivity contribution in [2.45, 2.75) is 77.9 Å². The van der Waals surface area contributed by atoms with Crippen LogP contribution in [0.4, 0.5) is 0 Å². The molecule has 2 heteroatoms. The van der Waals surface area contributed by atoms with Crippen LogP contribution in [0.15, 0.2) is 0 Å². The Kier molecular flexibility index (Phi) is 5.26. The van der Waals surface area contributed by atoms with Crippen LogP contribution in [-0.2, 0) is 0 Å². The van der Waals surface area contributed by atoms with E-state index < -0.39 is 0 Å². The predicted octanol–water partition coefficient (Wildman–Crippen LogP) is 3.03. The predicted molar refractivity (Wildman–Crippen MR) is 71.9 cm³/mol. The van der Waals surface area contributed by atoms with Gasteiger partial charge in [0.15, 0.2) is 0 Å². The van der Waals surface area contributed by atoms with Crippen molar-refractivity contribution in [2.24, 2.45) is 0 Å². The fourth-order valence-corrected chi connectivity index (χ4v) is 2.66. The van der Waals surface area contributed by atoms with Crippen molar-refractivity contribution >= 4 is 0 Å². The summed E-state index contributed by atoms with van der Waals surface area (Å²) in [7, 11) is 0. The highest BCUT2D eigenvalue weighted by atomic mass is 15.3. The van der Waals surface area contributed by atoms with Crippen LogP contribution in [0, 0.1) is 0 Å². The Hall–Kier alpha value is -0.0800. The summed E-state index contributed by atoms with van der Waals surface area (Å²) < 4.78 is 0. The number of hydrogen-bond acceptors (Lipinski definition) is 2. The van der Waals surface area contributed by atoms with Crippen LogP contribution in [-0.4, -0.2) is 35.6 Å². The highest BCUT2D eigenvalue weighted by molar-refractivity contribution is 4.95. The summed E-state index contributed by atoms with van der Waals surface area (Å²) in [6.07, 6.45) is 5.11. The first-order chi connectivity index (χ1) is 7.56. The third-order valence-corrected chi connectivity index (χ3v) is 4.32. The van der Waals surface area contributed by atoms with E-state index in [1.54, 1.807) is 0 Å². The monoisotopic (exact) mass is 226 g/mol. The van der Waals surface area contributed by atoms with E-state index in [0.29, 0.717) is 5.54 Å². The van der Waals surface area contributed by atoms with E-state index in [2.05, 4.69) is 44.8 Å². The third kappa shape index (κ3) is 3.21. The molecule has 1 saturated heterocycles. The first-order valence-corrected chi connectivity index (χ1v) is 7.07. The van der Waals surface area contributed by atoms with Crippen LogP contribution in [0.5, 0.6) is 0 Å². The lowest BCUT2D eigenvalue weighted by molar-refractivity contribution is 0.0459. The normalized spacial score (nSPS) is 33.9. The lowest BCUT2D eigenvalue weighted by Gasteiger charge is -2.48. The molecule has 0 radical (unpaired) electrons. The van der Waals surface area contributed by atoms with Gasteiger partial charge in [-0.05, 0) is 33.1 Å². The van der Waals surface area contributed by atoms with E-state index in [1.165, 1.54) is 38.8 Å². The van der Waals surface area contributed by atoms with Crippen LogP contribution in [0.25, 0.3) is 0 Å². The van der Waals surface area contributed by atoms with Gasteiger partial charge in [-0.25, -0.2) is 0 Å². The van der Waals surface area contributed by atoms with Gasteiger partial charge < -0.3 is 5.32 Å². The van der Waals surface area contributed by atoms with Crippen molar-refractivity contribution in [1.82, 2.24) is 10.2 Å². The highest BCUT2D eigenvalue weighted by Gasteiger charge is 2.35. The summed E-state index contributed by atoms with van der Waals surface area (Å²) >= 11 is 0. The quantitative estimate of drug-likeness (QED) is 0.775.